The molecule has 2 aromatic rings. The molecule has 0 aliphatic heterocycles. The van der Waals surface area contributed by atoms with Crippen LogP contribution in [0.5, 0.6) is 0 Å². The fraction of sp³-hybridized carbons (Fsp3) is 0.481. The zero-order valence-electron chi connectivity index (χ0n) is 21.4. The summed E-state index contributed by atoms with van der Waals surface area (Å²) in [5.74, 6) is 3.48. The number of nitrogens with zero attached hydrogens (tertiary/aromatic N) is 4. The van der Waals surface area contributed by atoms with Gasteiger partial charge < -0.3 is 28.6 Å². The fourth-order valence-electron chi connectivity index (χ4n) is 4.24. The topological polar surface area (TPSA) is 54.7 Å². The first kappa shape index (κ1) is 32.7. The molecule has 4 atom stereocenters. The molecule has 3 rings (SSSR count). The van der Waals surface area contributed by atoms with Crippen molar-refractivity contribution < 1.29 is 21.7 Å². The Morgan fingerprint density at radius 3 is 1.62 bits per heavy atom. The maximum absolute atomic E-state index is 4.33. The van der Waals surface area contributed by atoms with Crippen molar-refractivity contribution in [3.05, 3.63) is 89.2 Å². The third kappa shape index (κ3) is 9.58. The summed E-state index contributed by atoms with van der Waals surface area (Å²) in [6, 6.07) is 18.5. The van der Waals surface area contributed by atoms with Gasteiger partial charge in [0.25, 0.3) is 0 Å². The van der Waals surface area contributed by atoms with E-state index in [1.54, 1.807) is 28.2 Å². The predicted molar refractivity (Wildman–Crippen MR) is 140 cm³/mol. The molecule has 0 N–H and O–H groups in total. The van der Waals surface area contributed by atoms with E-state index in [2.05, 4.69) is 73.1 Å². The number of hydrogen-bond acceptors (Lipinski definition) is 1. The largest absolute Gasteiger partial charge is 4.00 e. The van der Waals surface area contributed by atoms with E-state index in [1.807, 2.05) is 36.5 Å². The van der Waals surface area contributed by atoms with Crippen molar-refractivity contribution >= 4 is 11.9 Å². The van der Waals surface area contributed by atoms with Crippen molar-refractivity contribution in [1.29, 1.82) is 0 Å². The van der Waals surface area contributed by atoms with E-state index in [9.17, 15) is 0 Å². The summed E-state index contributed by atoms with van der Waals surface area (Å²) in [4.78, 5) is 0. The van der Waals surface area contributed by atoms with Crippen LogP contribution in [-0.2, 0) is 21.7 Å². The molecule has 0 radical (unpaired) electrons. The summed E-state index contributed by atoms with van der Waals surface area (Å²) < 4.78 is 0. The summed E-state index contributed by atoms with van der Waals surface area (Å²) in [6.07, 6.45) is 1.91. The molecule has 0 aromatic heterocycles. The standard InChI is InChI=1S/C22H27N2.2C2H6N.CH3.Ti/c1-15-16(2)18(4)22(17(15)3)21-13-9-8-10-19(21)14-23-24-20-11-6-5-7-12-20;2*1-3-2;;/h5-18,22H,1-4H3;2*1-2H3;1H3;/q4*-1;+4/b23-14+;;;;. The Morgan fingerprint density at radius 2 is 1.12 bits per heavy atom. The van der Waals surface area contributed by atoms with Gasteiger partial charge in [0.15, 0.2) is 0 Å². The van der Waals surface area contributed by atoms with E-state index < -0.39 is 0 Å². The molecule has 1 saturated carbocycles. The average Bonchev–Trinajstić information content (AvgIpc) is 2.93. The van der Waals surface area contributed by atoms with Crippen LogP contribution in [-0.4, -0.2) is 34.4 Å². The molecular weight excluding hydrogens is 428 g/mol. The first-order valence-electron chi connectivity index (χ1n) is 10.8. The zero-order chi connectivity index (χ0) is 22.5. The van der Waals surface area contributed by atoms with Crippen LogP contribution in [0.3, 0.4) is 0 Å². The minimum atomic E-state index is 0. The van der Waals surface area contributed by atoms with Crippen LogP contribution in [0.2, 0.25) is 0 Å². The van der Waals surface area contributed by atoms with Crippen molar-refractivity contribution in [1.82, 2.24) is 0 Å². The molecule has 0 heterocycles. The van der Waals surface area contributed by atoms with E-state index in [-0.39, 0.29) is 29.1 Å². The normalized spacial score (nSPS) is 23.6. The van der Waals surface area contributed by atoms with Crippen LogP contribution < -0.4 is 0 Å². The Kier molecular flexibility index (Phi) is 18.4. The second-order valence-electron chi connectivity index (χ2n) is 8.17. The summed E-state index contributed by atoms with van der Waals surface area (Å²) in [5.41, 5.74) is 7.81. The van der Waals surface area contributed by atoms with Gasteiger partial charge in [-0.2, -0.15) is 28.2 Å². The minimum Gasteiger partial charge on any atom is -0.668 e. The van der Waals surface area contributed by atoms with Crippen molar-refractivity contribution in [2.45, 2.75) is 33.6 Å². The van der Waals surface area contributed by atoms with Gasteiger partial charge in [0.05, 0.1) is 0 Å². The summed E-state index contributed by atoms with van der Waals surface area (Å²) in [7, 11) is 7.00. The molecule has 0 spiro atoms. The van der Waals surface area contributed by atoms with Crippen molar-refractivity contribution in [2.24, 2.45) is 28.8 Å². The van der Waals surface area contributed by atoms with Crippen LogP contribution >= 0.6 is 0 Å². The van der Waals surface area contributed by atoms with Crippen molar-refractivity contribution in [2.75, 3.05) is 28.2 Å². The van der Waals surface area contributed by atoms with Gasteiger partial charge in [-0.1, -0.05) is 82.3 Å². The molecule has 1 aliphatic carbocycles. The molecule has 0 amide bonds. The van der Waals surface area contributed by atoms with Crippen LogP contribution in [0.25, 0.3) is 16.1 Å². The van der Waals surface area contributed by atoms with E-state index >= 15 is 0 Å². The Bertz CT molecular complexity index is 719. The molecule has 32 heavy (non-hydrogen) atoms. The van der Waals surface area contributed by atoms with Gasteiger partial charge in [-0.15, -0.1) is 5.69 Å². The molecule has 1 fully saturated rings. The van der Waals surface area contributed by atoms with E-state index in [1.165, 1.54) is 11.1 Å². The monoisotopic (exact) mass is 470 g/mol. The SMILES string of the molecule is CC1C(C)C(C)C(c2ccccc2/C=N/[N-]c2ccccc2)C1C.C[N-]C.C[N-]C.[CH3-].[Ti+4]. The third-order valence-electron chi connectivity index (χ3n) is 6.10. The Hall–Kier alpha value is -1.46. The van der Waals surface area contributed by atoms with Gasteiger partial charge in [-0.25, -0.2) is 0 Å². The predicted octanol–water partition coefficient (Wildman–Crippen LogP) is 8.05. The molecular formula is C27H42N4Ti. The number of rotatable bonds is 4. The van der Waals surface area contributed by atoms with E-state index in [4.69, 9.17) is 0 Å². The molecule has 4 unspecified atom stereocenters. The zero-order valence-corrected chi connectivity index (χ0v) is 23.0. The van der Waals surface area contributed by atoms with Gasteiger partial charge in [0.2, 0.25) is 0 Å². The van der Waals surface area contributed by atoms with Crippen LogP contribution in [0.15, 0.2) is 59.7 Å². The third-order valence-corrected chi connectivity index (χ3v) is 6.10. The Labute approximate surface area is 212 Å². The Morgan fingerprint density at radius 1 is 0.688 bits per heavy atom. The van der Waals surface area contributed by atoms with Crippen molar-refractivity contribution in [3.8, 4) is 0 Å². The van der Waals surface area contributed by atoms with Gasteiger partial charge in [-0.3, -0.25) is 0 Å². The maximum Gasteiger partial charge on any atom is 4.00 e. The Balaban J connectivity index is 0. The molecule has 1 aliphatic rings. The molecule has 174 valence electrons. The molecule has 5 heteroatoms. The molecule has 0 saturated heterocycles. The van der Waals surface area contributed by atoms with Gasteiger partial charge in [0, 0.05) is 6.21 Å². The van der Waals surface area contributed by atoms with Crippen LogP contribution in [0.1, 0.15) is 44.7 Å². The smallest absolute Gasteiger partial charge is 0.668 e. The quantitative estimate of drug-likeness (QED) is 0.188. The fourth-order valence-corrected chi connectivity index (χ4v) is 4.24. The molecule has 0 bridgehead atoms. The van der Waals surface area contributed by atoms with E-state index in [0.29, 0.717) is 17.8 Å². The molecule has 2 aromatic carbocycles. The van der Waals surface area contributed by atoms with Gasteiger partial charge in [-0.05, 0) is 40.7 Å². The van der Waals surface area contributed by atoms with Crippen LogP contribution in [0.4, 0.5) is 5.69 Å². The first-order valence-corrected chi connectivity index (χ1v) is 10.8. The second-order valence-corrected chi connectivity index (χ2v) is 8.17. The van der Waals surface area contributed by atoms with Gasteiger partial charge in [0.1, 0.15) is 0 Å². The second kappa shape index (κ2) is 18.0. The summed E-state index contributed by atoms with van der Waals surface area (Å²) >= 11 is 0. The summed E-state index contributed by atoms with van der Waals surface area (Å²) in [5, 5.41) is 11.3. The first-order chi connectivity index (χ1) is 14.4. The van der Waals surface area contributed by atoms with Crippen LogP contribution in [0, 0.1) is 31.1 Å². The number of hydrogen-bond donors (Lipinski definition) is 0. The average molecular weight is 471 g/mol. The van der Waals surface area contributed by atoms with E-state index in [0.717, 1.165) is 17.5 Å². The molecule has 4 nitrogen and oxygen atoms in total. The maximum atomic E-state index is 4.33. The number of benzene rings is 2. The van der Waals surface area contributed by atoms with Gasteiger partial charge >= 0.3 is 21.7 Å². The summed E-state index contributed by atoms with van der Waals surface area (Å²) in [6.45, 7) is 9.59. The minimum absolute atomic E-state index is 0. The van der Waals surface area contributed by atoms with Crippen molar-refractivity contribution in [3.63, 3.8) is 0 Å².